The van der Waals surface area contributed by atoms with Crippen LogP contribution in [0.25, 0.3) is 0 Å². The molecule has 0 heterocycles. The molecular formula is C14H20BrNO. The molecule has 0 atom stereocenters. The number of halogens is 1. The summed E-state index contributed by atoms with van der Waals surface area (Å²) < 4.78 is 1.02. The maximum Gasteiger partial charge on any atom is 0.123 e. The second kappa shape index (κ2) is 3.99. The van der Waals surface area contributed by atoms with Crippen LogP contribution in [0.5, 0.6) is 5.75 Å². The number of nitrogens with two attached hydrogens (primary N) is 1. The molecule has 1 aromatic rings. The van der Waals surface area contributed by atoms with E-state index in [1.807, 2.05) is 12.1 Å². The second-order valence-corrected chi connectivity index (χ2v) is 7.00. The number of hydrogen-bond donors (Lipinski definition) is 2. The van der Waals surface area contributed by atoms with Crippen LogP contribution in [0.2, 0.25) is 0 Å². The van der Waals surface area contributed by atoms with Crippen molar-refractivity contribution in [3.05, 3.63) is 27.7 Å². The first-order valence-corrected chi connectivity index (χ1v) is 6.83. The minimum atomic E-state index is -0.0622. The van der Waals surface area contributed by atoms with Crippen molar-refractivity contribution in [1.82, 2.24) is 0 Å². The summed E-state index contributed by atoms with van der Waals surface area (Å²) in [6.07, 6.45) is 2.16. The van der Waals surface area contributed by atoms with Crippen molar-refractivity contribution in [1.29, 1.82) is 0 Å². The monoisotopic (exact) mass is 297 g/mol. The molecule has 2 rings (SSSR count). The molecule has 0 amide bonds. The zero-order valence-electron chi connectivity index (χ0n) is 10.7. The van der Waals surface area contributed by atoms with E-state index in [0.29, 0.717) is 12.3 Å². The topological polar surface area (TPSA) is 46.2 Å². The fraction of sp³-hybridized carbons (Fsp3) is 0.571. The number of aromatic hydroxyl groups is 1. The van der Waals surface area contributed by atoms with Gasteiger partial charge in [0.2, 0.25) is 0 Å². The number of phenolic OH excluding ortho intramolecular Hbond substituents is 1. The molecule has 3 heteroatoms. The average Bonchev–Trinajstić information content (AvgIpc) is 3.00. The number of benzene rings is 1. The van der Waals surface area contributed by atoms with E-state index in [9.17, 15) is 5.11 Å². The summed E-state index contributed by atoms with van der Waals surface area (Å²) in [5.41, 5.74) is 7.81. The minimum absolute atomic E-state index is 0.0217. The summed E-state index contributed by atoms with van der Waals surface area (Å²) in [7, 11) is 0. The maximum absolute atomic E-state index is 10.5. The van der Waals surface area contributed by atoms with E-state index in [4.69, 9.17) is 5.73 Å². The summed E-state index contributed by atoms with van der Waals surface area (Å²) in [6, 6.07) is 4.02. The molecule has 0 radical (unpaired) electrons. The van der Waals surface area contributed by atoms with Crippen LogP contribution < -0.4 is 5.73 Å². The van der Waals surface area contributed by atoms with Crippen molar-refractivity contribution in [3.63, 3.8) is 0 Å². The van der Waals surface area contributed by atoms with Gasteiger partial charge in [-0.25, -0.2) is 0 Å². The molecular weight excluding hydrogens is 278 g/mol. The van der Waals surface area contributed by atoms with Gasteiger partial charge in [-0.15, -0.1) is 0 Å². The SMILES string of the molecule is CC(C)(C)c1cc(Br)cc(C2(CN)CC2)c1O. The lowest BCUT2D eigenvalue weighted by Crippen LogP contribution is -2.21. The maximum atomic E-state index is 10.5. The van der Waals surface area contributed by atoms with Crippen molar-refractivity contribution in [2.45, 2.75) is 44.4 Å². The van der Waals surface area contributed by atoms with Crippen LogP contribution in [0.4, 0.5) is 0 Å². The third kappa shape index (κ3) is 2.23. The summed E-state index contributed by atoms with van der Waals surface area (Å²) in [6.45, 7) is 6.95. The van der Waals surface area contributed by atoms with Gasteiger partial charge in [-0.1, -0.05) is 36.7 Å². The standard InChI is InChI=1S/C14H20BrNO/c1-13(2,3)10-6-9(15)7-11(12(10)17)14(8-16)4-5-14/h6-7,17H,4-5,8,16H2,1-3H3. The molecule has 0 spiro atoms. The van der Waals surface area contributed by atoms with Gasteiger partial charge in [0.25, 0.3) is 0 Å². The molecule has 0 aromatic heterocycles. The van der Waals surface area contributed by atoms with Crippen LogP contribution in [-0.4, -0.2) is 11.7 Å². The smallest absolute Gasteiger partial charge is 0.123 e. The molecule has 0 aliphatic heterocycles. The van der Waals surface area contributed by atoms with Gasteiger partial charge < -0.3 is 10.8 Å². The third-order valence-electron chi connectivity index (χ3n) is 3.70. The quantitative estimate of drug-likeness (QED) is 0.878. The molecule has 94 valence electrons. The second-order valence-electron chi connectivity index (χ2n) is 6.08. The van der Waals surface area contributed by atoms with Crippen LogP contribution in [0.15, 0.2) is 16.6 Å². The van der Waals surface area contributed by atoms with E-state index in [1.165, 1.54) is 0 Å². The normalized spacial score (nSPS) is 18.2. The Morgan fingerprint density at radius 1 is 1.35 bits per heavy atom. The number of rotatable bonds is 2. The Bertz CT molecular complexity index is 444. The van der Waals surface area contributed by atoms with Gasteiger partial charge in [0.05, 0.1) is 0 Å². The fourth-order valence-electron chi connectivity index (χ4n) is 2.31. The van der Waals surface area contributed by atoms with E-state index in [1.54, 1.807) is 0 Å². The summed E-state index contributed by atoms with van der Waals surface area (Å²) in [5.74, 6) is 0.434. The average molecular weight is 298 g/mol. The predicted molar refractivity (Wildman–Crippen MR) is 74.5 cm³/mol. The summed E-state index contributed by atoms with van der Waals surface area (Å²) in [4.78, 5) is 0. The molecule has 1 aromatic carbocycles. The first kappa shape index (κ1) is 12.9. The van der Waals surface area contributed by atoms with Gasteiger partial charge in [0.1, 0.15) is 5.75 Å². The van der Waals surface area contributed by atoms with Crippen molar-refractivity contribution >= 4 is 15.9 Å². The van der Waals surface area contributed by atoms with Gasteiger partial charge in [-0.3, -0.25) is 0 Å². The molecule has 0 unspecified atom stereocenters. The largest absolute Gasteiger partial charge is 0.507 e. The lowest BCUT2D eigenvalue weighted by atomic mass is 9.82. The van der Waals surface area contributed by atoms with Crippen LogP contribution in [-0.2, 0) is 10.8 Å². The zero-order chi connectivity index (χ0) is 12.8. The summed E-state index contributed by atoms with van der Waals surface area (Å²) >= 11 is 3.54. The van der Waals surface area contributed by atoms with E-state index in [2.05, 4.69) is 36.7 Å². The van der Waals surface area contributed by atoms with Crippen LogP contribution >= 0.6 is 15.9 Å². The lowest BCUT2D eigenvalue weighted by Gasteiger charge is -2.25. The first-order valence-electron chi connectivity index (χ1n) is 6.04. The molecule has 3 N–H and O–H groups in total. The molecule has 0 saturated heterocycles. The van der Waals surface area contributed by atoms with Crippen molar-refractivity contribution in [3.8, 4) is 5.75 Å². The molecule has 2 nitrogen and oxygen atoms in total. The zero-order valence-corrected chi connectivity index (χ0v) is 12.3. The molecule has 17 heavy (non-hydrogen) atoms. The third-order valence-corrected chi connectivity index (χ3v) is 4.16. The van der Waals surface area contributed by atoms with Crippen molar-refractivity contribution < 1.29 is 5.11 Å². The minimum Gasteiger partial charge on any atom is -0.507 e. The van der Waals surface area contributed by atoms with Gasteiger partial charge in [-0.2, -0.15) is 0 Å². The molecule has 1 aliphatic rings. The van der Waals surface area contributed by atoms with Crippen molar-refractivity contribution in [2.24, 2.45) is 5.73 Å². The van der Waals surface area contributed by atoms with E-state index in [-0.39, 0.29) is 10.8 Å². The Kier molecular flexibility index (Phi) is 3.03. The van der Waals surface area contributed by atoms with Gasteiger partial charge in [-0.05, 0) is 30.4 Å². The Labute approximate surface area is 111 Å². The molecule has 0 bridgehead atoms. The van der Waals surface area contributed by atoms with E-state index < -0.39 is 0 Å². The summed E-state index contributed by atoms with van der Waals surface area (Å²) in [5, 5.41) is 10.5. The Morgan fingerprint density at radius 2 is 1.94 bits per heavy atom. The van der Waals surface area contributed by atoms with Gasteiger partial charge in [0, 0.05) is 27.6 Å². The fourth-order valence-corrected chi connectivity index (χ4v) is 2.77. The van der Waals surface area contributed by atoms with E-state index in [0.717, 1.165) is 28.4 Å². The lowest BCUT2D eigenvalue weighted by molar-refractivity contribution is 0.432. The highest BCUT2D eigenvalue weighted by Gasteiger charge is 2.45. The van der Waals surface area contributed by atoms with Crippen LogP contribution in [0.1, 0.15) is 44.7 Å². The predicted octanol–water partition coefficient (Wildman–Crippen LogP) is 3.44. The van der Waals surface area contributed by atoms with E-state index >= 15 is 0 Å². The highest BCUT2D eigenvalue weighted by atomic mass is 79.9. The Hall–Kier alpha value is -0.540. The van der Waals surface area contributed by atoms with Gasteiger partial charge >= 0.3 is 0 Å². The first-order chi connectivity index (χ1) is 7.80. The number of phenols is 1. The van der Waals surface area contributed by atoms with Crippen molar-refractivity contribution in [2.75, 3.05) is 6.54 Å². The van der Waals surface area contributed by atoms with Crippen LogP contribution in [0.3, 0.4) is 0 Å². The Morgan fingerprint density at radius 3 is 2.35 bits per heavy atom. The molecule has 1 aliphatic carbocycles. The highest BCUT2D eigenvalue weighted by molar-refractivity contribution is 9.10. The molecule has 1 saturated carbocycles. The van der Waals surface area contributed by atoms with Gasteiger partial charge in [0.15, 0.2) is 0 Å². The molecule has 1 fully saturated rings. The van der Waals surface area contributed by atoms with Crippen LogP contribution in [0, 0.1) is 0 Å². The Balaban J connectivity index is 2.58. The number of hydrogen-bond acceptors (Lipinski definition) is 2. The highest BCUT2D eigenvalue weighted by Crippen LogP contribution is 2.52.